The normalized spacial score (nSPS) is 11.2. The lowest BCUT2D eigenvalue weighted by molar-refractivity contribution is 0.102. The van der Waals surface area contributed by atoms with Crippen LogP contribution in [0.25, 0.3) is 21.3 Å². The second-order valence-electron chi connectivity index (χ2n) is 8.39. The number of benzene rings is 3. The zero-order valence-electron chi connectivity index (χ0n) is 19.2. The first-order valence-corrected chi connectivity index (χ1v) is 11.9. The number of thiazole rings is 1. The van der Waals surface area contributed by atoms with Crippen molar-refractivity contribution in [1.82, 2.24) is 9.88 Å². The predicted octanol–water partition coefficient (Wildman–Crippen LogP) is 6.18. The molecule has 1 aromatic heterocycles. The van der Waals surface area contributed by atoms with Crippen molar-refractivity contribution in [2.24, 2.45) is 0 Å². The number of nitrogens with zero attached hydrogens (tertiary/aromatic N) is 3. The molecule has 0 saturated heterocycles. The highest BCUT2D eigenvalue weighted by atomic mass is 35.5. The average molecular weight is 479 g/mol. The molecule has 0 atom stereocenters. The number of rotatable bonds is 7. The predicted molar refractivity (Wildman–Crippen MR) is 141 cm³/mol. The fourth-order valence-electron chi connectivity index (χ4n) is 3.55. The second kappa shape index (κ2) is 9.91. The zero-order valence-corrected chi connectivity index (χ0v) is 20.8. The van der Waals surface area contributed by atoms with E-state index in [1.54, 1.807) is 11.3 Å². The van der Waals surface area contributed by atoms with Gasteiger partial charge in [-0.1, -0.05) is 41.1 Å². The van der Waals surface area contributed by atoms with Crippen molar-refractivity contribution >= 4 is 49.9 Å². The number of anilines is 2. The summed E-state index contributed by atoms with van der Waals surface area (Å²) < 4.78 is 1.05. The lowest BCUT2D eigenvalue weighted by Crippen LogP contribution is -2.28. The monoisotopic (exact) mass is 478 g/mol. The SMILES string of the molecule is Cc1cc(Cl)ccc1-c1ccc(C(=O)Nc2ccc3nc(N(C)CCN(C)C)sc3c2)cc1. The molecule has 0 spiro atoms. The van der Waals surface area contributed by atoms with Crippen LogP contribution < -0.4 is 10.2 Å². The maximum atomic E-state index is 12.8. The van der Waals surface area contributed by atoms with Crippen molar-refractivity contribution in [2.75, 3.05) is 44.4 Å². The molecule has 0 unspecified atom stereocenters. The van der Waals surface area contributed by atoms with E-state index in [2.05, 4.69) is 36.3 Å². The van der Waals surface area contributed by atoms with E-state index in [0.717, 1.165) is 55.8 Å². The molecule has 1 heterocycles. The highest BCUT2D eigenvalue weighted by molar-refractivity contribution is 7.22. The van der Waals surface area contributed by atoms with Gasteiger partial charge in [-0.25, -0.2) is 4.98 Å². The van der Waals surface area contributed by atoms with Gasteiger partial charge in [-0.2, -0.15) is 0 Å². The summed E-state index contributed by atoms with van der Waals surface area (Å²) in [5.41, 5.74) is 5.57. The quantitative estimate of drug-likeness (QED) is 0.345. The minimum absolute atomic E-state index is 0.137. The largest absolute Gasteiger partial charge is 0.350 e. The number of carbonyl (C=O) groups is 1. The summed E-state index contributed by atoms with van der Waals surface area (Å²) in [6, 6.07) is 19.3. The molecule has 1 N–H and O–H groups in total. The third-order valence-electron chi connectivity index (χ3n) is 5.49. The van der Waals surface area contributed by atoms with Gasteiger partial charge in [0.2, 0.25) is 0 Å². The van der Waals surface area contributed by atoms with E-state index in [4.69, 9.17) is 16.6 Å². The number of halogens is 1. The Hall–Kier alpha value is -2.93. The summed E-state index contributed by atoms with van der Waals surface area (Å²) >= 11 is 7.70. The molecule has 0 saturated carbocycles. The number of nitrogens with one attached hydrogen (secondary N) is 1. The molecule has 5 nitrogen and oxygen atoms in total. The lowest BCUT2D eigenvalue weighted by atomic mass is 9.99. The van der Waals surface area contributed by atoms with Crippen LogP contribution in [0.15, 0.2) is 60.7 Å². The van der Waals surface area contributed by atoms with Crippen LogP contribution in [0.2, 0.25) is 5.02 Å². The third-order valence-corrected chi connectivity index (χ3v) is 6.86. The number of fused-ring (bicyclic) bond motifs is 1. The molecule has 0 radical (unpaired) electrons. The molecule has 1 amide bonds. The van der Waals surface area contributed by atoms with Gasteiger partial charge in [-0.15, -0.1) is 0 Å². The molecule has 7 heteroatoms. The number of hydrogen-bond donors (Lipinski definition) is 1. The summed E-state index contributed by atoms with van der Waals surface area (Å²) in [5.74, 6) is -0.137. The van der Waals surface area contributed by atoms with Crippen molar-refractivity contribution in [3.63, 3.8) is 0 Å². The van der Waals surface area contributed by atoms with Crippen molar-refractivity contribution in [2.45, 2.75) is 6.92 Å². The fraction of sp³-hybridized carbons (Fsp3) is 0.231. The van der Waals surface area contributed by atoms with Gasteiger partial charge in [0.05, 0.1) is 10.2 Å². The molecule has 0 bridgehead atoms. The summed E-state index contributed by atoms with van der Waals surface area (Å²) in [6.07, 6.45) is 0. The van der Waals surface area contributed by atoms with Crippen LogP contribution in [0.3, 0.4) is 0 Å². The molecule has 4 rings (SSSR count). The first kappa shape index (κ1) is 23.2. The van der Waals surface area contributed by atoms with E-state index >= 15 is 0 Å². The first-order chi connectivity index (χ1) is 15.8. The second-order valence-corrected chi connectivity index (χ2v) is 9.84. The minimum atomic E-state index is -0.137. The van der Waals surface area contributed by atoms with Crippen LogP contribution in [-0.2, 0) is 0 Å². The van der Waals surface area contributed by atoms with Crippen LogP contribution in [0, 0.1) is 6.92 Å². The lowest BCUT2D eigenvalue weighted by Gasteiger charge is -2.18. The summed E-state index contributed by atoms with van der Waals surface area (Å²) in [5, 5.41) is 4.70. The van der Waals surface area contributed by atoms with Gasteiger partial charge in [0.15, 0.2) is 5.13 Å². The zero-order chi connectivity index (χ0) is 23.5. The average Bonchev–Trinajstić information content (AvgIpc) is 3.21. The smallest absolute Gasteiger partial charge is 0.255 e. The maximum Gasteiger partial charge on any atom is 0.255 e. The summed E-state index contributed by atoms with van der Waals surface area (Å²) in [6.45, 7) is 3.90. The molecule has 170 valence electrons. The Kier molecular flexibility index (Phi) is 6.98. The number of hydrogen-bond acceptors (Lipinski definition) is 5. The molecule has 0 fully saturated rings. The number of aromatic nitrogens is 1. The molecule has 33 heavy (non-hydrogen) atoms. The molecule has 0 aliphatic rings. The Labute approximate surface area is 203 Å². The van der Waals surface area contributed by atoms with E-state index in [0.29, 0.717) is 5.56 Å². The van der Waals surface area contributed by atoms with Crippen LogP contribution >= 0.6 is 22.9 Å². The molecule has 0 aliphatic heterocycles. The molecular formula is C26H27ClN4OS. The van der Waals surface area contributed by atoms with Gasteiger partial charge in [-0.3, -0.25) is 4.79 Å². The van der Waals surface area contributed by atoms with Crippen LogP contribution in [0.1, 0.15) is 15.9 Å². The first-order valence-electron chi connectivity index (χ1n) is 10.7. The Bertz CT molecular complexity index is 1280. The highest BCUT2D eigenvalue weighted by Crippen LogP contribution is 2.31. The van der Waals surface area contributed by atoms with Crippen molar-refractivity contribution in [3.05, 3.63) is 76.8 Å². The Morgan fingerprint density at radius 1 is 1.00 bits per heavy atom. The Balaban J connectivity index is 1.47. The Morgan fingerprint density at radius 2 is 1.76 bits per heavy atom. The molecular weight excluding hydrogens is 452 g/mol. The minimum Gasteiger partial charge on any atom is -0.350 e. The van der Waals surface area contributed by atoms with Gasteiger partial charge >= 0.3 is 0 Å². The van der Waals surface area contributed by atoms with Crippen molar-refractivity contribution < 1.29 is 4.79 Å². The maximum absolute atomic E-state index is 12.8. The number of aryl methyl sites for hydroxylation is 1. The van der Waals surface area contributed by atoms with E-state index in [1.165, 1.54) is 0 Å². The standard InChI is InChI=1S/C26H27ClN4OS/c1-17-15-20(27)9-11-22(17)18-5-7-19(8-6-18)25(32)28-21-10-12-23-24(16-21)33-26(29-23)31(4)14-13-30(2)3/h5-12,15-16H,13-14H2,1-4H3,(H,28,32). The van der Waals surface area contributed by atoms with Crippen molar-refractivity contribution in [3.8, 4) is 11.1 Å². The number of amides is 1. The van der Waals surface area contributed by atoms with Crippen LogP contribution in [0.5, 0.6) is 0 Å². The van der Waals surface area contributed by atoms with E-state index in [1.807, 2.05) is 67.6 Å². The van der Waals surface area contributed by atoms with Gasteiger partial charge in [0, 0.05) is 36.4 Å². The number of likely N-dealkylation sites (N-methyl/N-ethyl adjacent to an activating group) is 2. The van der Waals surface area contributed by atoms with Gasteiger partial charge in [0.25, 0.3) is 5.91 Å². The number of carbonyl (C=O) groups excluding carboxylic acids is 1. The van der Waals surface area contributed by atoms with Crippen molar-refractivity contribution in [1.29, 1.82) is 0 Å². The van der Waals surface area contributed by atoms with Crippen LogP contribution in [0.4, 0.5) is 10.8 Å². The highest BCUT2D eigenvalue weighted by Gasteiger charge is 2.12. The fourth-order valence-corrected chi connectivity index (χ4v) is 4.77. The van der Waals surface area contributed by atoms with Gasteiger partial charge < -0.3 is 15.1 Å². The summed E-state index contributed by atoms with van der Waals surface area (Å²) in [4.78, 5) is 21.9. The summed E-state index contributed by atoms with van der Waals surface area (Å²) in [7, 11) is 6.18. The third kappa shape index (κ3) is 5.53. The Morgan fingerprint density at radius 3 is 2.45 bits per heavy atom. The van der Waals surface area contributed by atoms with E-state index in [9.17, 15) is 4.79 Å². The van der Waals surface area contributed by atoms with Gasteiger partial charge in [-0.05, 0) is 80.2 Å². The van der Waals surface area contributed by atoms with E-state index < -0.39 is 0 Å². The molecule has 3 aromatic carbocycles. The molecule has 4 aromatic rings. The topological polar surface area (TPSA) is 48.5 Å². The molecule has 0 aliphatic carbocycles. The van der Waals surface area contributed by atoms with E-state index in [-0.39, 0.29) is 5.91 Å². The van der Waals surface area contributed by atoms with Crippen LogP contribution in [-0.4, -0.2) is 50.0 Å². The van der Waals surface area contributed by atoms with Gasteiger partial charge in [0.1, 0.15) is 0 Å².